The number of rotatable bonds is 5. The number of unbranched alkanes of at least 4 members (excludes halogenated alkanes) is 3. The Labute approximate surface area is 86.7 Å². The van der Waals surface area contributed by atoms with Crippen LogP contribution in [-0.2, 0) is 0 Å². The lowest BCUT2D eigenvalue weighted by molar-refractivity contribution is -0.870. The lowest BCUT2D eigenvalue weighted by atomic mass is 10.2. The van der Waals surface area contributed by atoms with Crippen molar-refractivity contribution in [1.82, 2.24) is 0 Å². The van der Waals surface area contributed by atoms with Gasteiger partial charge in [-0.1, -0.05) is 19.8 Å². The van der Waals surface area contributed by atoms with Crippen molar-refractivity contribution in [3.8, 4) is 0 Å². The van der Waals surface area contributed by atoms with Gasteiger partial charge >= 0.3 is 0 Å². The third-order valence-electron chi connectivity index (χ3n) is 1.68. The third kappa shape index (κ3) is 30.3. The largest absolute Gasteiger partial charge is 0.565 e. The van der Waals surface area contributed by atoms with Crippen molar-refractivity contribution in [2.45, 2.75) is 32.6 Å². The van der Waals surface area contributed by atoms with Crippen LogP contribution in [0.4, 0.5) is 4.79 Å². The Balaban J connectivity index is 0. The van der Waals surface area contributed by atoms with Crippen LogP contribution >= 0.6 is 0 Å². The fourth-order valence-corrected chi connectivity index (χ4v) is 1.01. The van der Waals surface area contributed by atoms with E-state index in [0.717, 1.165) is 4.48 Å². The van der Waals surface area contributed by atoms with Crippen LogP contribution in [0.25, 0.3) is 0 Å². The molecule has 0 aromatic carbocycles. The molecule has 14 heavy (non-hydrogen) atoms. The highest BCUT2D eigenvalue weighted by atomic mass is 16.6. The Morgan fingerprint density at radius 2 is 1.64 bits per heavy atom. The van der Waals surface area contributed by atoms with Crippen molar-refractivity contribution < 1.29 is 19.5 Å². The highest BCUT2D eigenvalue weighted by Crippen LogP contribution is 2.01. The zero-order chi connectivity index (χ0) is 11.6. The summed E-state index contributed by atoms with van der Waals surface area (Å²) in [7, 11) is 6.77. The summed E-state index contributed by atoms with van der Waals surface area (Å²) in [5, 5.41) is 15.3. The maximum absolute atomic E-state index is 8.44. The van der Waals surface area contributed by atoms with Gasteiger partial charge in [-0.05, 0) is 12.8 Å². The van der Waals surface area contributed by atoms with Crippen LogP contribution in [0.5, 0.6) is 0 Å². The van der Waals surface area contributed by atoms with E-state index in [0.29, 0.717) is 0 Å². The van der Waals surface area contributed by atoms with Gasteiger partial charge in [-0.15, -0.1) is 0 Å². The van der Waals surface area contributed by atoms with E-state index in [-0.39, 0.29) is 0 Å². The lowest BCUT2D eigenvalue weighted by Gasteiger charge is -2.23. The first-order valence-corrected chi connectivity index (χ1v) is 5.00. The maximum Gasteiger partial charge on any atom is 0.249 e. The molecule has 4 heteroatoms. The maximum atomic E-state index is 8.44. The molecule has 0 atom stereocenters. The monoisotopic (exact) mass is 205 g/mol. The van der Waals surface area contributed by atoms with Crippen molar-refractivity contribution >= 4 is 6.16 Å². The van der Waals surface area contributed by atoms with Crippen molar-refractivity contribution in [3.63, 3.8) is 0 Å². The molecule has 0 unspecified atom stereocenters. The van der Waals surface area contributed by atoms with Crippen molar-refractivity contribution in [2.75, 3.05) is 27.7 Å². The third-order valence-corrected chi connectivity index (χ3v) is 1.68. The van der Waals surface area contributed by atoms with Gasteiger partial charge < -0.3 is 19.5 Å². The molecule has 86 valence electrons. The minimum atomic E-state index is -2.08. The van der Waals surface area contributed by atoms with E-state index in [1.807, 2.05) is 0 Å². The van der Waals surface area contributed by atoms with Crippen LogP contribution in [-0.4, -0.2) is 43.4 Å². The van der Waals surface area contributed by atoms with Gasteiger partial charge in [0.25, 0.3) is 0 Å². The summed E-state index contributed by atoms with van der Waals surface area (Å²) in [5.41, 5.74) is 0. The molecule has 0 aliphatic rings. The zero-order valence-corrected chi connectivity index (χ0v) is 9.75. The van der Waals surface area contributed by atoms with Gasteiger partial charge in [0.15, 0.2) is 0 Å². The molecular formula is C10H23NO3. The van der Waals surface area contributed by atoms with E-state index in [4.69, 9.17) is 15.0 Å². The Morgan fingerprint density at radius 3 is 1.93 bits per heavy atom. The van der Waals surface area contributed by atoms with E-state index < -0.39 is 6.16 Å². The van der Waals surface area contributed by atoms with Crippen LogP contribution in [0.15, 0.2) is 0 Å². The van der Waals surface area contributed by atoms with E-state index in [9.17, 15) is 0 Å². The average Bonchev–Trinajstić information content (AvgIpc) is 1.95. The molecular weight excluding hydrogens is 182 g/mol. The van der Waals surface area contributed by atoms with Crippen LogP contribution in [0, 0.1) is 0 Å². The highest BCUT2D eigenvalue weighted by molar-refractivity contribution is 5.50. The van der Waals surface area contributed by atoms with Gasteiger partial charge in [-0.3, -0.25) is 0 Å². The van der Waals surface area contributed by atoms with Crippen molar-refractivity contribution in [3.05, 3.63) is 0 Å². The van der Waals surface area contributed by atoms with Gasteiger partial charge in [0, 0.05) is 0 Å². The van der Waals surface area contributed by atoms with E-state index in [2.05, 4.69) is 28.1 Å². The fraction of sp³-hybridized carbons (Fsp3) is 0.900. The Kier molecular flexibility index (Phi) is 9.88. The molecule has 0 aromatic rings. The summed E-state index contributed by atoms with van der Waals surface area (Å²) in [6.45, 7) is 3.58. The minimum absolute atomic E-state index is 1.11. The molecule has 0 amide bonds. The first-order chi connectivity index (χ1) is 6.29. The molecule has 0 bridgehead atoms. The lowest BCUT2D eigenvalue weighted by Crippen LogP contribution is -2.35. The Morgan fingerprint density at radius 1 is 1.21 bits per heavy atom. The predicted molar refractivity (Wildman–Crippen MR) is 55.1 cm³/mol. The second-order valence-electron chi connectivity index (χ2n) is 4.34. The van der Waals surface area contributed by atoms with Crippen LogP contribution < -0.4 is 5.11 Å². The van der Waals surface area contributed by atoms with Gasteiger partial charge in [-0.2, -0.15) is 0 Å². The van der Waals surface area contributed by atoms with Crippen molar-refractivity contribution in [1.29, 1.82) is 0 Å². The second kappa shape index (κ2) is 8.81. The van der Waals surface area contributed by atoms with Crippen LogP contribution in [0.3, 0.4) is 0 Å². The summed E-state index contributed by atoms with van der Waals surface area (Å²) >= 11 is 0. The van der Waals surface area contributed by atoms with E-state index in [1.54, 1.807) is 0 Å². The van der Waals surface area contributed by atoms with E-state index in [1.165, 1.54) is 32.2 Å². The quantitative estimate of drug-likeness (QED) is 0.541. The highest BCUT2D eigenvalue weighted by Gasteiger charge is 2.04. The van der Waals surface area contributed by atoms with E-state index >= 15 is 0 Å². The molecule has 0 aromatic heterocycles. The summed E-state index contributed by atoms with van der Waals surface area (Å²) < 4.78 is 1.11. The summed E-state index contributed by atoms with van der Waals surface area (Å²) in [6.07, 6.45) is 3.46. The molecule has 0 saturated heterocycles. The number of carboxylic acid groups (broad SMARTS) is 2. The first-order valence-electron chi connectivity index (χ1n) is 5.00. The molecule has 0 saturated carbocycles. The SMILES string of the molecule is CCCCCC[N+](C)(C)C.O=C([O-])O. The number of quaternary nitrogens is 1. The molecule has 0 radical (unpaired) electrons. The predicted octanol–water partition coefficient (Wildman–Crippen LogP) is 1.16. The summed E-state index contributed by atoms with van der Waals surface area (Å²) in [5.74, 6) is 0. The molecule has 0 heterocycles. The van der Waals surface area contributed by atoms with Gasteiger partial charge in [0.1, 0.15) is 0 Å². The summed E-state index contributed by atoms with van der Waals surface area (Å²) in [4.78, 5) is 8.44. The van der Waals surface area contributed by atoms with Crippen LogP contribution in [0.2, 0.25) is 0 Å². The molecule has 0 spiro atoms. The normalized spacial score (nSPS) is 10.3. The summed E-state index contributed by atoms with van der Waals surface area (Å²) in [6, 6.07) is 0. The average molecular weight is 205 g/mol. The van der Waals surface area contributed by atoms with Gasteiger partial charge in [-0.25, -0.2) is 0 Å². The second-order valence-corrected chi connectivity index (χ2v) is 4.34. The molecule has 0 fully saturated rings. The Hall–Kier alpha value is -0.770. The number of nitrogens with zero attached hydrogens (tertiary/aromatic N) is 1. The topological polar surface area (TPSA) is 60.4 Å². The minimum Gasteiger partial charge on any atom is -0.565 e. The van der Waals surface area contributed by atoms with Gasteiger partial charge in [0.2, 0.25) is 6.16 Å². The Bertz CT molecular complexity index is 137. The number of carbonyl (C=O) groups is 1. The number of hydrogen-bond donors (Lipinski definition) is 1. The smallest absolute Gasteiger partial charge is 0.249 e. The molecule has 1 N–H and O–H groups in total. The van der Waals surface area contributed by atoms with Crippen molar-refractivity contribution in [2.24, 2.45) is 0 Å². The van der Waals surface area contributed by atoms with Crippen LogP contribution in [0.1, 0.15) is 32.6 Å². The molecule has 0 aliphatic carbocycles. The van der Waals surface area contributed by atoms with Gasteiger partial charge in [0.05, 0.1) is 27.7 Å². The standard InChI is InChI=1S/C9H22N.CH2O3/c1-5-6-7-8-9-10(2,3)4;2-1(3)4/h5-9H2,1-4H3;(H2,2,3,4)/q+1;/p-1. The molecule has 4 nitrogen and oxygen atoms in total. The fourth-order valence-electron chi connectivity index (χ4n) is 1.01. The first kappa shape index (κ1) is 15.7. The number of hydrogen-bond acceptors (Lipinski definition) is 2. The zero-order valence-electron chi connectivity index (χ0n) is 9.75. The molecule has 0 rings (SSSR count). The molecule has 0 aliphatic heterocycles.